The first-order valence-corrected chi connectivity index (χ1v) is 16.8. The quantitative estimate of drug-likeness (QED) is 0.187. The van der Waals surface area contributed by atoms with E-state index in [1.807, 2.05) is 0 Å². The zero-order chi connectivity index (χ0) is 32.2. The lowest BCUT2D eigenvalue weighted by Crippen LogP contribution is -2.16. The van der Waals surface area contributed by atoms with E-state index in [1.54, 1.807) is 0 Å². The van der Waals surface area contributed by atoms with Gasteiger partial charge in [0.2, 0.25) is 0 Å². The van der Waals surface area contributed by atoms with Crippen LogP contribution in [-0.4, -0.2) is 0 Å². The molecule has 0 aromatic heterocycles. The highest BCUT2D eigenvalue weighted by atomic mass is 15.1. The monoisotopic (exact) mass is 613 g/mol. The maximum Gasteiger partial charge on any atom is 0.0543 e. The highest BCUT2D eigenvalue weighted by Crippen LogP contribution is 2.54. The van der Waals surface area contributed by atoms with Gasteiger partial charge in [-0.15, -0.1) is 0 Å². The SMILES string of the molecule is CC1(C)c2ccccc2-c2c(N(c3cccc(-c4ccc(-c5ccc6ccccc6c5)cc4)c3)c3ccc4ccccc4c3)cccc21. The predicted octanol–water partition coefficient (Wildman–Crippen LogP) is 13.1. The fourth-order valence-electron chi connectivity index (χ4n) is 7.71. The molecule has 48 heavy (non-hydrogen) atoms. The summed E-state index contributed by atoms with van der Waals surface area (Å²) in [6, 6.07) is 64.5. The number of hydrogen-bond acceptors (Lipinski definition) is 1. The van der Waals surface area contributed by atoms with Crippen LogP contribution in [0.4, 0.5) is 17.1 Å². The summed E-state index contributed by atoms with van der Waals surface area (Å²) in [6.07, 6.45) is 0. The average Bonchev–Trinajstić information content (AvgIpc) is 3.38. The Labute approximate surface area is 282 Å². The Bertz CT molecular complexity index is 2480. The second-order valence-corrected chi connectivity index (χ2v) is 13.4. The van der Waals surface area contributed by atoms with Crippen LogP contribution in [0.1, 0.15) is 25.0 Å². The molecule has 0 amide bonds. The summed E-state index contributed by atoms with van der Waals surface area (Å²) in [5.74, 6) is 0. The van der Waals surface area contributed by atoms with E-state index in [4.69, 9.17) is 0 Å². The number of rotatable bonds is 5. The molecular formula is C47H35N. The molecule has 0 spiro atoms. The molecule has 1 heteroatoms. The molecule has 0 saturated carbocycles. The molecule has 0 fully saturated rings. The summed E-state index contributed by atoms with van der Waals surface area (Å²) in [4.78, 5) is 2.45. The Morgan fingerprint density at radius 3 is 1.67 bits per heavy atom. The standard InChI is InChI=1S/C47H35N/c1-47(2)43-18-8-7-17-42(43)46-44(47)19-10-20-45(46)48(41-28-27-33-12-4-6-14-37(33)31-41)40-16-9-15-38(30-40)34-21-23-35(24-22-34)39-26-25-32-11-3-5-13-36(32)29-39/h3-31H,1-2H3. The van der Waals surface area contributed by atoms with Crippen molar-refractivity contribution < 1.29 is 0 Å². The summed E-state index contributed by atoms with van der Waals surface area (Å²) in [5, 5.41) is 5.00. The molecule has 8 aromatic carbocycles. The van der Waals surface area contributed by atoms with Crippen molar-refractivity contribution in [1.82, 2.24) is 0 Å². The Morgan fingerprint density at radius 1 is 0.375 bits per heavy atom. The molecule has 0 N–H and O–H groups in total. The fourth-order valence-corrected chi connectivity index (χ4v) is 7.71. The lowest BCUT2D eigenvalue weighted by Gasteiger charge is -2.29. The molecule has 1 nitrogen and oxygen atoms in total. The summed E-state index contributed by atoms with van der Waals surface area (Å²) in [5.41, 5.74) is 13.6. The van der Waals surface area contributed by atoms with Gasteiger partial charge in [-0.05, 0) is 96.9 Å². The molecular weight excluding hydrogens is 579 g/mol. The Morgan fingerprint density at radius 2 is 0.917 bits per heavy atom. The van der Waals surface area contributed by atoms with E-state index >= 15 is 0 Å². The highest BCUT2D eigenvalue weighted by molar-refractivity contribution is 5.97. The number of fused-ring (bicyclic) bond motifs is 5. The van der Waals surface area contributed by atoms with Gasteiger partial charge in [0.25, 0.3) is 0 Å². The van der Waals surface area contributed by atoms with Crippen molar-refractivity contribution in [2.24, 2.45) is 0 Å². The van der Waals surface area contributed by atoms with Crippen molar-refractivity contribution in [3.05, 3.63) is 187 Å². The zero-order valence-electron chi connectivity index (χ0n) is 27.2. The van der Waals surface area contributed by atoms with Crippen LogP contribution in [0.3, 0.4) is 0 Å². The molecule has 0 bridgehead atoms. The highest BCUT2D eigenvalue weighted by Gasteiger charge is 2.37. The number of hydrogen-bond donors (Lipinski definition) is 0. The summed E-state index contributed by atoms with van der Waals surface area (Å²) in [7, 11) is 0. The molecule has 9 rings (SSSR count). The van der Waals surface area contributed by atoms with Gasteiger partial charge in [-0.2, -0.15) is 0 Å². The van der Waals surface area contributed by atoms with E-state index in [9.17, 15) is 0 Å². The average molecular weight is 614 g/mol. The van der Waals surface area contributed by atoms with Gasteiger partial charge in [0.05, 0.1) is 5.69 Å². The van der Waals surface area contributed by atoms with E-state index < -0.39 is 0 Å². The first kappa shape index (κ1) is 28.3. The summed E-state index contributed by atoms with van der Waals surface area (Å²) in [6.45, 7) is 4.70. The van der Waals surface area contributed by atoms with Crippen LogP contribution in [0.15, 0.2) is 176 Å². The minimum absolute atomic E-state index is 0.0778. The van der Waals surface area contributed by atoms with Crippen LogP contribution in [0.5, 0.6) is 0 Å². The minimum Gasteiger partial charge on any atom is -0.310 e. The van der Waals surface area contributed by atoms with Gasteiger partial charge in [-0.25, -0.2) is 0 Å². The van der Waals surface area contributed by atoms with Crippen LogP contribution in [0.25, 0.3) is 54.9 Å². The summed E-state index contributed by atoms with van der Waals surface area (Å²) < 4.78 is 0. The van der Waals surface area contributed by atoms with E-state index in [-0.39, 0.29) is 5.41 Å². The van der Waals surface area contributed by atoms with Crippen molar-refractivity contribution in [3.63, 3.8) is 0 Å². The van der Waals surface area contributed by atoms with Crippen LogP contribution >= 0.6 is 0 Å². The lowest BCUT2D eigenvalue weighted by molar-refractivity contribution is 0.660. The molecule has 0 heterocycles. The van der Waals surface area contributed by atoms with Crippen molar-refractivity contribution in [2.45, 2.75) is 19.3 Å². The first-order valence-electron chi connectivity index (χ1n) is 16.8. The largest absolute Gasteiger partial charge is 0.310 e. The van der Waals surface area contributed by atoms with Crippen LogP contribution in [0.2, 0.25) is 0 Å². The third kappa shape index (κ3) is 4.62. The molecule has 1 aliphatic carbocycles. The van der Waals surface area contributed by atoms with Crippen LogP contribution in [0, 0.1) is 0 Å². The molecule has 0 radical (unpaired) electrons. The fraction of sp³-hybridized carbons (Fsp3) is 0.0638. The van der Waals surface area contributed by atoms with Gasteiger partial charge in [-0.3, -0.25) is 0 Å². The van der Waals surface area contributed by atoms with Gasteiger partial charge in [0, 0.05) is 22.4 Å². The smallest absolute Gasteiger partial charge is 0.0543 e. The van der Waals surface area contributed by atoms with E-state index in [0.29, 0.717) is 0 Å². The first-order chi connectivity index (χ1) is 23.5. The second-order valence-electron chi connectivity index (χ2n) is 13.4. The number of benzene rings is 8. The second kappa shape index (κ2) is 11.1. The molecule has 1 aliphatic rings. The van der Waals surface area contributed by atoms with Gasteiger partial charge >= 0.3 is 0 Å². The molecule has 8 aromatic rings. The van der Waals surface area contributed by atoms with E-state index in [2.05, 4.69) is 195 Å². The maximum atomic E-state index is 2.45. The zero-order valence-corrected chi connectivity index (χ0v) is 27.2. The Kier molecular flexibility index (Phi) is 6.55. The van der Waals surface area contributed by atoms with Gasteiger partial charge in [-0.1, -0.05) is 153 Å². The number of anilines is 3. The summed E-state index contributed by atoms with van der Waals surface area (Å²) >= 11 is 0. The molecule has 0 unspecified atom stereocenters. The predicted molar refractivity (Wildman–Crippen MR) is 205 cm³/mol. The minimum atomic E-state index is -0.0778. The molecule has 0 atom stereocenters. The van der Waals surface area contributed by atoms with Crippen LogP contribution in [-0.2, 0) is 5.41 Å². The molecule has 0 saturated heterocycles. The van der Waals surface area contributed by atoms with Gasteiger partial charge in [0.1, 0.15) is 0 Å². The van der Waals surface area contributed by atoms with E-state index in [0.717, 1.165) is 11.4 Å². The Hall–Kier alpha value is -5.92. The molecule has 228 valence electrons. The van der Waals surface area contributed by atoms with Gasteiger partial charge in [0.15, 0.2) is 0 Å². The topological polar surface area (TPSA) is 3.24 Å². The van der Waals surface area contributed by atoms with Crippen molar-refractivity contribution in [1.29, 1.82) is 0 Å². The third-order valence-electron chi connectivity index (χ3n) is 10.2. The lowest BCUT2D eigenvalue weighted by atomic mass is 9.82. The van der Waals surface area contributed by atoms with Crippen molar-refractivity contribution in [3.8, 4) is 33.4 Å². The van der Waals surface area contributed by atoms with Crippen molar-refractivity contribution >= 4 is 38.6 Å². The normalized spacial score (nSPS) is 13.0. The van der Waals surface area contributed by atoms with Crippen molar-refractivity contribution in [2.75, 3.05) is 4.90 Å². The number of nitrogens with zero attached hydrogens (tertiary/aromatic N) is 1. The van der Waals surface area contributed by atoms with Gasteiger partial charge < -0.3 is 4.90 Å². The maximum absolute atomic E-state index is 2.45. The van der Waals surface area contributed by atoms with Crippen LogP contribution < -0.4 is 4.90 Å². The Balaban J connectivity index is 1.18. The third-order valence-corrected chi connectivity index (χ3v) is 10.2. The molecule has 0 aliphatic heterocycles. The van der Waals surface area contributed by atoms with E-state index in [1.165, 1.54) is 71.7 Å².